The monoisotopic (exact) mass is 367 g/mol. The minimum Gasteiger partial charge on any atom is -0.394 e. The first-order valence-electron chi connectivity index (χ1n) is 7.68. The minimum atomic E-state index is -1.79. The predicted octanol–water partition coefficient (Wildman–Crippen LogP) is -4.38. The fourth-order valence-electron chi connectivity index (χ4n) is 2.42. The highest BCUT2D eigenvalue weighted by Gasteiger charge is 2.45. The lowest BCUT2D eigenvalue weighted by Crippen LogP contribution is -2.61. The highest BCUT2D eigenvalue weighted by Crippen LogP contribution is 2.24. The molecular formula is C14H25NO10. The normalized spacial score (nSPS) is 34.6. The number of nitrogens with one attached hydrogen (secondary N) is 1. The molecule has 11 nitrogen and oxygen atoms in total. The van der Waals surface area contributed by atoms with Crippen LogP contribution in [-0.2, 0) is 19.1 Å². The van der Waals surface area contributed by atoms with Gasteiger partial charge in [-0.15, -0.1) is 0 Å². The number of carbonyl (C=O) groups is 2. The molecule has 1 aliphatic heterocycles. The van der Waals surface area contributed by atoms with Crippen molar-refractivity contribution in [2.24, 2.45) is 0 Å². The van der Waals surface area contributed by atoms with E-state index in [1.165, 1.54) is 6.92 Å². The average Bonchev–Trinajstić information content (AvgIpc) is 2.58. The van der Waals surface area contributed by atoms with E-state index >= 15 is 0 Å². The van der Waals surface area contributed by atoms with Crippen LogP contribution in [0.2, 0.25) is 0 Å². The van der Waals surface area contributed by atoms with Crippen molar-refractivity contribution in [3.05, 3.63) is 0 Å². The fourth-order valence-corrected chi connectivity index (χ4v) is 2.42. The third-order valence-electron chi connectivity index (χ3n) is 3.89. The summed E-state index contributed by atoms with van der Waals surface area (Å²) in [5.74, 6) is -0.630. The first-order valence-corrected chi connectivity index (χ1v) is 7.68. The molecule has 1 aliphatic rings. The van der Waals surface area contributed by atoms with Gasteiger partial charge in [0.15, 0.2) is 6.29 Å². The maximum Gasteiger partial charge on any atom is 0.217 e. The first-order chi connectivity index (χ1) is 11.6. The number of aliphatic hydroxyl groups is 6. The molecule has 25 heavy (non-hydrogen) atoms. The van der Waals surface area contributed by atoms with E-state index < -0.39 is 67.6 Å². The summed E-state index contributed by atoms with van der Waals surface area (Å²) in [6.45, 7) is 1.64. The number of amides is 1. The number of aliphatic hydroxyl groups excluding tert-OH is 6. The molecule has 11 heteroatoms. The van der Waals surface area contributed by atoms with Gasteiger partial charge in [-0.3, -0.25) is 4.79 Å². The molecule has 0 spiro atoms. The molecule has 0 radical (unpaired) electrons. The number of rotatable bonds is 8. The molecule has 146 valence electrons. The van der Waals surface area contributed by atoms with Gasteiger partial charge in [0, 0.05) is 6.92 Å². The third-order valence-corrected chi connectivity index (χ3v) is 3.89. The standard InChI is InChI=1S/C14H25NO10/c1-5-9(20)11(22)12(23)14(24-5)25-13(8(19)4-17)10(21)7(3-16)15-6(2)18/h3,5,7-14,17,19-23H,4H2,1-2H3,(H,15,18)/t5-,7-,8+,9+,10+,11+,12-,13+,14-/m0/s1. The van der Waals surface area contributed by atoms with Crippen LogP contribution in [0.5, 0.6) is 0 Å². The van der Waals surface area contributed by atoms with Gasteiger partial charge < -0.3 is 50.2 Å². The minimum absolute atomic E-state index is 0.214. The molecule has 0 aromatic rings. The molecule has 0 aromatic heterocycles. The summed E-state index contributed by atoms with van der Waals surface area (Å²) in [5.41, 5.74) is 0. The fraction of sp³-hybridized carbons (Fsp3) is 0.857. The van der Waals surface area contributed by atoms with Gasteiger partial charge in [0.1, 0.15) is 49.0 Å². The molecule has 7 N–H and O–H groups in total. The average molecular weight is 367 g/mol. The van der Waals surface area contributed by atoms with Gasteiger partial charge in [-0.1, -0.05) is 0 Å². The van der Waals surface area contributed by atoms with Gasteiger partial charge in [-0.05, 0) is 6.92 Å². The maximum atomic E-state index is 11.1. The molecular weight excluding hydrogens is 342 g/mol. The second kappa shape index (κ2) is 9.50. The SMILES string of the molecule is CC(=O)N[C@@H](C=O)[C@@H](O)[C@H](O[C@@H]1O[C@@H](C)[C@@H](O)[C@@H](O)[C@@H]1O)[C@H](O)CO. The Hall–Kier alpha value is -1.18. The van der Waals surface area contributed by atoms with Crippen LogP contribution in [0.3, 0.4) is 0 Å². The summed E-state index contributed by atoms with van der Waals surface area (Å²) < 4.78 is 10.4. The lowest BCUT2D eigenvalue weighted by atomic mass is 9.98. The van der Waals surface area contributed by atoms with Gasteiger partial charge in [0.2, 0.25) is 5.91 Å². The Morgan fingerprint density at radius 2 is 1.84 bits per heavy atom. The number of ether oxygens (including phenoxy) is 2. The van der Waals surface area contributed by atoms with Gasteiger partial charge >= 0.3 is 0 Å². The zero-order chi connectivity index (χ0) is 19.3. The van der Waals surface area contributed by atoms with Gasteiger partial charge in [0.05, 0.1) is 12.7 Å². The summed E-state index contributed by atoms with van der Waals surface area (Å²) in [5, 5.41) is 60.7. The van der Waals surface area contributed by atoms with Crippen LogP contribution in [0.1, 0.15) is 13.8 Å². The summed E-state index contributed by atoms with van der Waals surface area (Å²) in [4.78, 5) is 22.2. The molecule has 1 amide bonds. The molecule has 1 heterocycles. The molecule has 0 saturated carbocycles. The van der Waals surface area contributed by atoms with E-state index in [0.29, 0.717) is 0 Å². The maximum absolute atomic E-state index is 11.1. The molecule has 0 bridgehead atoms. The summed E-state index contributed by atoms with van der Waals surface area (Å²) in [6, 6.07) is -1.46. The van der Waals surface area contributed by atoms with Crippen LogP contribution in [0.4, 0.5) is 0 Å². The number of aldehydes is 1. The Labute approximate surface area is 143 Å². The highest BCUT2D eigenvalue weighted by atomic mass is 16.7. The van der Waals surface area contributed by atoms with E-state index in [-0.39, 0.29) is 6.29 Å². The zero-order valence-electron chi connectivity index (χ0n) is 13.8. The highest BCUT2D eigenvalue weighted by molar-refractivity contribution is 5.77. The predicted molar refractivity (Wildman–Crippen MR) is 80.0 cm³/mol. The topological polar surface area (TPSA) is 186 Å². The van der Waals surface area contributed by atoms with Crippen molar-refractivity contribution in [3.8, 4) is 0 Å². The van der Waals surface area contributed by atoms with Crippen LogP contribution in [0.15, 0.2) is 0 Å². The third kappa shape index (κ3) is 5.39. The van der Waals surface area contributed by atoms with E-state index in [2.05, 4.69) is 5.32 Å². The van der Waals surface area contributed by atoms with Crippen molar-refractivity contribution < 1.29 is 49.7 Å². The van der Waals surface area contributed by atoms with Gasteiger partial charge in [0.25, 0.3) is 0 Å². The molecule has 0 aliphatic carbocycles. The van der Waals surface area contributed by atoms with E-state index in [1.54, 1.807) is 0 Å². The van der Waals surface area contributed by atoms with Crippen molar-refractivity contribution in [2.75, 3.05) is 6.61 Å². The molecule has 1 fully saturated rings. The smallest absolute Gasteiger partial charge is 0.217 e. The largest absolute Gasteiger partial charge is 0.394 e. The molecule has 9 atom stereocenters. The number of carbonyl (C=O) groups excluding carboxylic acids is 2. The Morgan fingerprint density at radius 3 is 2.32 bits per heavy atom. The number of hydrogen-bond donors (Lipinski definition) is 7. The summed E-state index contributed by atoms with van der Waals surface area (Å²) in [6.07, 6.45) is -12.2. The van der Waals surface area contributed by atoms with Crippen LogP contribution in [0, 0.1) is 0 Å². The summed E-state index contributed by atoms with van der Waals surface area (Å²) >= 11 is 0. The quantitative estimate of drug-likeness (QED) is 0.207. The summed E-state index contributed by atoms with van der Waals surface area (Å²) in [7, 11) is 0. The Morgan fingerprint density at radius 1 is 1.24 bits per heavy atom. The molecule has 1 rings (SSSR count). The van der Waals surface area contributed by atoms with E-state index in [0.717, 1.165) is 6.92 Å². The van der Waals surface area contributed by atoms with Crippen molar-refractivity contribution in [2.45, 2.75) is 68.9 Å². The molecule has 0 aromatic carbocycles. The van der Waals surface area contributed by atoms with Crippen molar-refractivity contribution in [1.29, 1.82) is 0 Å². The van der Waals surface area contributed by atoms with Crippen LogP contribution in [0.25, 0.3) is 0 Å². The lowest BCUT2D eigenvalue weighted by molar-refractivity contribution is -0.318. The van der Waals surface area contributed by atoms with Crippen LogP contribution >= 0.6 is 0 Å². The van der Waals surface area contributed by atoms with Crippen LogP contribution < -0.4 is 5.32 Å². The van der Waals surface area contributed by atoms with Gasteiger partial charge in [-0.2, -0.15) is 0 Å². The Kier molecular flexibility index (Phi) is 8.31. The lowest BCUT2D eigenvalue weighted by Gasteiger charge is -2.41. The Balaban J connectivity index is 2.95. The molecule has 0 unspecified atom stereocenters. The van der Waals surface area contributed by atoms with Crippen molar-refractivity contribution in [3.63, 3.8) is 0 Å². The Bertz CT molecular complexity index is 449. The second-order valence-corrected chi connectivity index (χ2v) is 5.88. The van der Waals surface area contributed by atoms with E-state index in [4.69, 9.17) is 14.6 Å². The first kappa shape index (κ1) is 21.9. The zero-order valence-corrected chi connectivity index (χ0v) is 13.8. The van der Waals surface area contributed by atoms with Crippen molar-refractivity contribution in [1.82, 2.24) is 5.32 Å². The number of hydrogen-bond acceptors (Lipinski definition) is 10. The van der Waals surface area contributed by atoms with E-state index in [9.17, 15) is 35.1 Å². The van der Waals surface area contributed by atoms with Crippen molar-refractivity contribution >= 4 is 12.2 Å². The second-order valence-electron chi connectivity index (χ2n) is 5.88. The molecule has 1 saturated heterocycles. The van der Waals surface area contributed by atoms with Gasteiger partial charge in [-0.25, -0.2) is 0 Å². The van der Waals surface area contributed by atoms with E-state index in [1.807, 2.05) is 0 Å². The van der Waals surface area contributed by atoms with Crippen LogP contribution in [-0.4, -0.2) is 104 Å².